The van der Waals surface area contributed by atoms with Gasteiger partial charge in [-0.25, -0.2) is 4.98 Å². The molecule has 6 rings (SSSR count). The lowest BCUT2D eigenvalue weighted by atomic mass is 10.0. The van der Waals surface area contributed by atoms with Gasteiger partial charge >= 0.3 is 0 Å². The fourth-order valence-corrected chi connectivity index (χ4v) is 4.48. The summed E-state index contributed by atoms with van der Waals surface area (Å²) < 4.78 is 17.0. The molecular weight excluding hydrogens is 394 g/mol. The van der Waals surface area contributed by atoms with E-state index in [1.54, 1.807) is 6.20 Å². The number of hydrogen-bond donors (Lipinski definition) is 0. The van der Waals surface area contributed by atoms with Crippen molar-refractivity contribution in [2.45, 2.75) is 26.7 Å². The number of imidazole rings is 1. The Kier molecular flexibility index (Phi) is 3.91. The number of fused-ring (bicyclic) bond motifs is 4. The number of rotatable bonds is 3. The molecule has 4 heteroatoms. The maximum absolute atomic E-state index is 8.40. The van der Waals surface area contributed by atoms with E-state index in [0.29, 0.717) is 0 Å². The Bertz CT molecular complexity index is 1660. The van der Waals surface area contributed by atoms with E-state index < -0.39 is 5.89 Å². The summed E-state index contributed by atoms with van der Waals surface area (Å²) in [5.74, 6) is 0.125. The summed E-state index contributed by atoms with van der Waals surface area (Å²) in [4.78, 5) is 9.56. The fraction of sp³-hybridized carbons (Fsp3) is 0.143. The van der Waals surface area contributed by atoms with Gasteiger partial charge in [0.15, 0.2) is 0 Å². The molecule has 0 spiro atoms. The van der Waals surface area contributed by atoms with Crippen LogP contribution >= 0.6 is 0 Å². The lowest BCUT2D eigenvalue weighted by Gasteiger charge is -2.10. The molecule has 0 N–H and O–H groups in total. The van der Waals surface area contributed by atoms with Gasteiger partial charge < -0.3 is 4.42 Å². The van der Waals surface area contributed by atoms with E-state index in [0.717, 1.165) is 61.3 Å². The zero-order valence-corrected chi connectivity index (χ0v) is 18.3. The molecule has 0 radical (unpaired) electrons. The number of benzene rings is 3. The van der Waals surface area contributed by atoms with Crippen molar-refractivity contribution in [3.63, 3.8) is 0 Å². The van der Waals surface area contributed by atoms with Gasteiger partial charge in [-0.05, 0) is 48.7 Å². The SMILES string of the molecule is [2H]C(C)(C)c1ccc2c(c1)oc1c(-c3nc4ccnc(C)c4n3-c3ccccc3)cccc12. The first kappa shape index (κ1) is 17.7. The van der Waals surface area contributed by atoms with Crippen molar-refractivity contribution in [2.75, 3.05) is 0 Å². The largest absolute Gasteiger partial charge is 0.455 e. The predicted octanol–water partition coefficient (Wildman–Crippen LogP) is 7.42. The molecule has 0 atom stereocenters. The number of para-hydroxylation sites is 2. The maximum Gasteiger partial charge on any atom is 0.149 e. The van der Waals surface area contributed by atoms with Crippen LogP contribution in [0.3, 0.4) is 0 Å². The normalized spacial score (nSPS) is 12.7. The highest BCUT2D eigenvalue weighted by Gasteiger charge is 2.20. The van der Waals surface area contributed by atoms with Gasteiger partial charge in [0.2, 0.25) is 0 Å². The highest BCUT2D eigenvalue weighted by atomic mass is 16.3. The number of pyridine rings is 1. The van der Waals surface area contributed by atoms with Gasteiger partial charge in [0.05, 0.1) is 22.3 Å². The summed E-state index contributed by atoms with van der Waals surface area (Å²) in [5.41, 5.74) is 7.27. The van der Waals surface area contributed by atoms with Crippen molar-refractivity contribution in [3.8, 4) is 17.1 Å². The molecule has 6 aromatic rings. The smallest absolute Gasteiger partial charge is 0.149 e. The minimum Gasteiger partial charge on any atom is -0.455 e. The average Bonchev–Trinajstić information content (AvgIpc) is 3.38. The number of furan rings is 1. The molecule has 3 aromatic heterocycles. The minimum atomic E-state index is -0.693. The number of hydrogen-bond acceptors (Lipinski definition) is 3. The van der Waals surface area contributed by atoms with Crippen molar-refractivity contribution in [1.29, 1.82) is 0 Å². The van der Waals surface area contributed by atoms with Gasteiger partial charge in [-0.15, -0.1) is 0 Å². The first-order chi connectivity index (χ1) is 15.9. The topological polar surface area (TPSA) is 43.9 Å². The zero-order valence-electron chi connectivity index (χ0n) is 19.3. The van der Waals surface area contributed by atoms with Gasteiger partial charge in [-0.1, -0.05) is 56.3 Å². The van der Waals surface area contributed by atoms with Crippen molar-refractivity contribution < 1.29 is 5.79 Å². The van der Waals surface area contributed by atoms with E-state index in [2.05, 4.69) is 45.9 Å². The molecule has 3 heterocycles. The standard InChI is InChI=1S/C28H23N3O/c1-17(2)19-12-13-21-22-10-7-11-23(27(22)32-25(21)16-19)28-30-24-14-15-29-18(3)26(24)31(28)20-8-5-4-6-9-20/h4-17H,1-3H3/i17D. The molecule has 3 aromatic carbocycles. The Balaban J connectivity index is 1.69. The third kappa shape index (κ3) is 2.76. The molecule has 0 aliphatic carbocycles. The molecule has 0 unspecified atom stereocenters. The van der Waals surface area contributed by atoms with Crippen LogP contribution in [0.4, 0.5) is 0 Å². The van der Waals surface area contributed by atoms with E-state index in [4.69, 9.17) is 10.8 Å². The lowest BCUT2D eigenvalue weighted by molar-refractivity contribution is 0.667. The van der Waals surface area contributed by atoms with Gasteiger partial charge in [-0.3, -0.25) is 9.55 Å². The summed E-state index contributed by atoms with van der Waals surface area (Å²) in [6.07, 6.45) is 1.80. The van der Waals surface area contributed by atoms with Crippen LogP contribution in [-0.4, -0.2) is 14.5 Å². The van der Waals surface area contributed by atoms with E-state index >= 15 is 0 Å². The number of aromatic nitrogens is 3. The Hall–Kier alpha value is -3.92. The first-order valence-electron chi connectivity index (χ1n) is 11.3. The number of aryl methyl sites for hydroxylation is 1. The summed E-state index contributed by atoms with van der Waals surface area (Å²) in [6.45, 7) is 5.79. The Morgan fingerprint density at radius 3 is 2.59 bits per heavy atom. The highest BCUT2D eigenvalue weighted by molar-refractivity contribution is 6.09. The lowest BCUT2D eigenvalue weighted by Crippen LogP contribution is -1.99. The van der Waals surface area contributed by atoms with E-state index in [1.165, 1.54) is 0 Å². The fourth-order valence-electron chi connectivity index (χ4n) is 4.48. The van der Waals surface area contributed by atoms with Gasteiger partial charge in [0.25, 0.3) is 0 Å². The zero-order chi connectivity index (χ0) is 22.7. The van der Waals surface area contributed by atoms with Gasteiger partial charge in [-0.2, -0.15) is 0 Å². The van der Waals surface area contributed by atoms with E-state index in [9.17, 15) is 0 Å². The third-order valence-corrected chi connectivity index (χ3v) is 6.08. The van der Waals surface area contributed by atoms with Crippen molar-refractivity contribution in [1.82, 2.24) is 14.5 Å². The second-order valence-corrected chi connectivity index (χ2v) is 8.37. The first-order valence-corrected chi connectivity index (χ1v) is 10.8. The molecular formula is C28H23N3O. The van der Waals surface area contributed by atoms with Crippen LogP contribution in [0.1, 0.15) is 32.4 Å². The predicted molar refractivity (Wildman–Crippen MR) is 130 cm³/mol. The Morgan fingerprint density at radius 2 is 1.78 bits per heavy atom. The van der Waals surface area contributed by atoms with Crippen LogP contribution in [0.25, 0.3) is 50.0 Å². The summed E-state index contributed by atoms with van der Waals surface area (Å²) in [6, 6.07) is 24.4. The molecule has 0 fully saturated rings. The van der Waals surface area contributed by atoms with E-state index in [-0.39, 0.29) is 0 Å². The second kappa shape index (κ2) is 7.06. The number of nitrogens with zero attached hydrogens (tertiary/aromatic N) is 3. The van der Waals surface area contributed by atoms with Crippen molar-refractivity contribution in [3.05, 3.63) is 90.3 Å². The highest BCUT2D eigenvalue weighted by Crippen LogP contribution is 2.38. The molecule has 0 amide bonds. The quantitative estimate of drug-likeness (QED) is 0.300. The molecule has 0 aliphatic rings. The molecule has 32 heavy (non-hydrogen) atoms. The monoisotopic (exact) mass is 418 g/mol. The molecule has 0 bridgehead atoms. The summed E-state index contributed by atoms with van der Waals surface area (Å²) in [7, 11) is 0. The van der Waals surface area contributed by atoms with Crippen LogP contribution in [0.5, 0.6) is 0 Å². The second-order valence-electron chi connectivity index (χ2n) is 8.37. The Morgan fingerprint density at radius 1 is 0.938 bits per heavy atom. The minimum absolute atomic E-state index is 0.693. The summed E-state index contributed by atoms with van der Waals surface area (Å²) in [5, 5.41) is 2.08. The molecule has 0 saturated heterocycles. The Labute approximate surface area is 187 Å². The van der Waals surface area contributed by atoms with Crippen LogP contribution in [0.2, 0.25) is 0 Å². The molecule has 156 valence electrons. The van der Waals surface area contributed by atoms with Crippen molar-refractivity contribution >= 4 is 33.0 Å². The van der Waals surface area contributed by atoms with Crippen LogP contribution in [-0.2, 0) is 0 Å². The third-order valence-electron chi connectivity index (χ3n) is 6.08. The van der Waals surface area contributed by atoms with Crippen LogP contribution in [0, 0.1) is 6.92 Å². The average molecular weight is 419 g/mol. The van der Waals surface area contributed by atoms with Crippen molar-refractivity contribution in [2.24, 2.45) is 0 Å². The maximum atomic E-state index is 8.40. The summed E-state index contributed by atoms with van der Waals surface area (Å²) >= 11 is 0. The van der Waals surface area contributed by atoms with Crippen LogP contribution < -0.4 is 0 Å². The van der Waals surface area contributed by atoms with Crippen LogP contribution in [0.15, 0.2) is 83.4 Å². The molecule has 0 saturated carbocycles. The molecule has 0 aliphatic heterocycles. The van der Waals surface area contributed by atoms with Gasteiger partial charge in [0.1, 0.15) is 17.0 Å². The van der Waals surface area contributed by atoms with E-state index in [1.807, 2.05) is 57.2 Å². The van der Waals surface area contributed by atoms with Gasteiger partial charge in [0, 0.05) is 24.0 Å². The molecule has 4 nitrogen and oxygen atoms in total.